The second-order valence-electron chi connectivity index (χ2n) is 10.6. The number of fused-ring (bicyclic) bond motifs is 2. The Bertz CT molecular complexity index is 1550. The van der Waals surface area contributed by atoms with Crippen LogP contribution in [0, 0.1) is 23.5 Å². The Labute approximate surface area is 234 Å². The lowest BCUT2D eigenvalue weighted by Gasteiger charge is -2.46. The van der Waals surface area contributed by atoms with Gasteiger partial charge in [0.2, 0.25) is 0 Å². The summed E-state index contributed by atoms with van der Waals surface area (Å²) in [6.07, 6.45) is 0.948. The highest BCUT2D eigenvalue weighted by molar-refractivity contribution is 7.92. The number of benzene rings is 2. The molecule has 13 heteroatoms. The minimum Gasteiger partial charge on any atom is -0.387 e. The van der Waals surface area contributed by atoms with E-state index in [9.17, 15) is 37.3 Å². The van der Waals surface area contributed by atoms with Crippen molar-refractivity contribution in [2.45, 2.75) is 53.6 Å². The number of halogens is 3. The third-order valence-corrected chi connectivity index (χ3v) is 10.9. The van der Waals surface area contributed by atoms with E-state index in [1.54, 1.807) is 7.05 Å². The first-order valence-corrected chi connectivity index (χ1v) is 14.6. The van der Waals surface area contributed by atoms with Crippen molar-refractivity contribution < 1.29 is 37.3 Å². The molecule has 9 nitrogen and oxygen atoms in total. The highest BCUT2D eigenvalue weighted by Gasteiger charge is 2.60. The summed E-state index contributed by atoms with van der Waals surface area (Å²) in [5, 5.41) is 38.8. The van der Waals surface area contributed by atoms with Crippen LogP contribution in [0.15, 0.2) is 53.7 Å². The summed E-state index contributed by atoms with van der Waals surface area (Å²) >= 11 is 6.28. The Hall–Kier alpha value is -2.90. The second kappa shape index (κ2) is 10.5. The van der Waals surface area contributed by atoms with Gasteiger partial charge in [0, 0.05) is 36.1 Å². The number of aliphatic hydroxyl groups is 3. The maximum atomic E-state index is 13.8. The SMILES string of the molecule is Cn1cc(C(O)C(O)[C@@]2(O)[C@@H]3CC[C@H]2C[C@H](S(=O)(=O)c2cc(C(=O)Nc4ccc(F)c(F)c4)ccc2Cl)C3)cn1. The molecule has 3 aromatic rings. The van der Waals surface area contributed by atoms with E-state index in [0.717, 1.165) is 18.2 Å². The van der Waals surface area contributed by atoms with Crippen LogP contribution in [0.4, 0.5) is 14.5 Å². The molecule has 40 heavy (non-hydrogen) atoms. The topological polar surface area (TPSA) is 142 Å². The van der Waals surface area contributed by atoms with E-state index in [1.807, 2.05) is 0 Å². The van der Waals surface area contributed by atoms with Gasteiger partial charge < -0.3 is 20.6 Å². The summed E-state index contributed by atoms with van der Waals surface area (Å²) in [6, 6.07) is 6.55. The number of sulfone groups is 1. The fourth-order valence-corrected chi connectivity index (χ4v) is 8.53. The quantitative estimate of drug-likeness (QED) is 0.328. The third kappa shape index (κ3) is 4.92. The smallest absolute Gasteiger partial charge is 0.255 e. The van der Waals surface area contributed by atoms with Gasteiger partial charge in [-0.2, -0.15) is 5.10 Å². The number of hydrogen-bond donors (Lipinski definition) is 4. The van der Waals surface area contributed by atoms with Crippen molar-refractivity contribution in [1.82, 2.24) is 9.78 Å². The molecule has 1 aromatic heterocycles. The van der Waals surface area contributed by atoms with E-state index in [1.165, 1.54) is 35.3 Å². The fourth-order valence-electron chi connectivity index (χ4n) is 6.13. The van der Waals surface area contributed by atoms with Gasteiger partial charge in [-0.1, -0.05) is 11.6 Å². The van der Waals surface area contributed by atoms with Crippen LogP contribution >= 0.6 is 11.6 Å². The Morgan fingerprint density at radius 3 is 2.40 bits per heavy atom. The molecule has 2 bridgehead atoms. The highest BCUT2D eigenvalue weighted by atomic mass is 35.5. The molecule has 214 valence electrons. The van der Waals surface area contributed by atoms with Crippen molar-refractivity contribution >= 4 is 33.0 Å². The average molecular weight is 596 g/mol. The Balaban J connectivity index is 1.37. The van der Waals surface area contributed by atoms with Crippen LogP contribution in [0.5, 0.6) is 0 Å². The molecule has 2 saturated carbocycles. The summed E-state index contributed by atoms with van der Waals surface area (Å²) < 4.78 is 55.8. The number of anilines is 1. The maximum absolute atomic E-state index is 13.8. The molecule has 0 spiro atoms. The van der Waals surface area contributed by atoms with Crippen LogP contribution in [0.3, 0.4) is 0 Å². The summed E-state index contributed by atoms with van der Waals surface area (Å²) in [7, 11) is -2.44. The lowest BCUT2D eigenvalue weighted by molar-refractivity contribution is -0.177. The van der Waals surface area contributed by atoms with Gasteiger partial charge >= 0.3 is 0 Å². The molecule has 5 rings (SSSR count). The van der Waals surface area contributed by atoms with Crippen LogP contribution in [0.1, 0.15) is 47.7 Å². The van der Waals surface area contributed by atoms with Gasteiger partial charge in [0.05, 0.1) is 27.0 Å². The standard InChI is InChI=1S/C27H28ClF2N3O6S/c1-33-13-15(12-31-33)24(34)25(35)27(37)16-3-4-17(27)10-19(9-16)40(38,39)23-8-14(2-6-20(23)28)26(36)32-18-5-7-21(29)22(30)11-18/h2,5-8,11-13,16-17,19,24-25,34-35,37H,3-4,9-10H2,1H3,(H,32,36)/t16-,17+,19-,24?,25?,27-. The Morgan fingerprint density at radius 2 is 1.80 bits per heavy atom. The zero-order valence-electron chi connectivity index (χ0n) is 21.3. The van der Waals surface area contributed by atoms with Gasteiger partial charge in [-0.3, -0.25) is 9.48 Å². The molecule has 2 aliphatic carbocycles. The van der Waals surface area contributed by atoms with Gasteiger partial charge in [-0.25, -0.2) is 17.2 Å². The van der Waals surface area contributed by atoms with Gasteiger partial charge in [0.25, 0.3) is 5.91 Å². The minimum absolute atomic E-state index is 0.0153. The first-order valence-electron chi connectivity index (χ1n) is 12.7. The van der Waals surface area contributed by atoms with Crippen LogP contribution in [0.25, 0.3) is 0 Å². The van der Waals surface area contributed by atoms with Crippen LogP contribution < -0.4 is 5.32 Å². The highest BCUT2D eigenvalue weighted by Crippen LogP contribution is 2.55. The molecule has 4 N–H and O–H groups in total. The number of nitrogens with zero attached hydrogens (tertiary/aromatic N) is 2. The van der Waals surface area contributed by atoms with Gasteiger partial charge in [-0.05, 0) is 67.9 Å². The van der Waals surface area contributed by atoms with E-state index in [2.05, 4.69) is 10.4 Å². The van der Waals surface area contributed by atoms with E-state index in [-0.39, 0.29) is 34.0 Å². The number of amides is 1. The van der Waals surface area contributed by atoms with E-state index in [0.29, 0.717) is 18.4 Å². The van der Waals surface area contributed by atoms with Crippen molar-refractivity contribution in [2.24, 2.45) is 18.9 Å². The largest absolute Gasteiger partial charge is 0.387 e. The number of aliphatic hydroxyl groups excluding tert-OH is 2. The Morgan fingerprint density at radius 1 is 1.12 bits per heavy atom. The summed E-state index contributed by atoms with van der Waals surface area (Å²) in [5.74, 6) is -4.19. The number of carbonyl (C=O) groups excluding carboxylic acids is 1. The predicted molar refractivity (Wildman–Crippen MR) is 141 cm³/mol. The minimum atomic E-state index is -4.09. The predicted octanol–water partition coefficient (Wildman–Crippen LogP) is 3.39. The summed E-state index contributed by atoms with van der Waals surface area (Å²) in [5.41, 5.74) is -1.43. The normalized spacial score (nSPS) is 25.9. The molecule has 0 radical (unpaired) electrons. The molecule has 2 unspecified atom stereocenters. The van der Waals surface area contributed by atoms with Crippen molar-refractivity contribution in [2.75, 3.05) is 5.32 Å². The van der Waals surface area contributed by atoms with E-state index >= 15 is 0 Å². The third-order valence-electron chi connectivity index (χ3n) is 8.22. The van der Waals surface area contributed by atoms with Gasteiger partial charge in [0.1, 0.15) is 12.2 Å². The van der Waals surface area contributed by atoms with Gasteiger partial charge in [0.15, 0.2) is 21.5 Å². The molecule has 1 heterocycles. The van der Waals surface area contributed by atoms with Crippen molar-refractivity contribution in [3.05, 3.63) is 76.6 Å². The molecule has 0 aliphatic heterocycles. The number of hydrogen-bond acceptors (Lipinski definition) is 7. The molecular formula is C27H28ClF2N3O6S. The van der Waals surface area contributed by atoms with Crippen LogP contribution in [-0.2, 0) is 16.9 Å². The number of aromatic nitrogens is 2. The summed E-state index contributed by atoms with van der Waals surface area (Å²) in [4.78, 5) is 12.5. The van der Waals surface area contributed by atoms with Gasteiger partial charge in [-0.15, -0.1) is 0 Å². The molecule has 2 fully saturated rings. The molecular weight excluding hydrogens is 568 g/mol. The fraction of sp³-hybridized carbons (Fsp3) is 0.407. The first-order chi connectivity index (χ1) is 18.8. The van der Waals surface area contributed by atoms with Crippen LogP contribution in [0.2, 0.25) is 5.02 Å². The number of nitrogens with one attached hydrogen (secondary N) is 1. The average Bonchev–Trinajstić information content (AvgIpc) is 3.39. The first kappa shape index (κ1) is 28.6. The zero-order valence-corrected chi connectivity index (χ0v) is 22.9. The molecule has 1 amide bonds. The number of carbonyl (C=O) groups is 1. The molecule has 2 aromatic carbocycles. The second-order valence-corrected chi connectivity index (χ2v) is 13.2. The summed E-state index contributed by atoms with van der Waals surface area (Å²) in [6.45, 7) is 0. The molecule has 6 atom stereocenters. The number of aryl methyl sites for hydroxylation is 1. The monoisotopic (exact) mass is 595 g/mol. The van der Waals surface area contributed by atoms with Crippen molar-refractivity contribution in [1.29, 1.82) is 0 Å². The molecule has 2 aliphatic rings. The zero-order chi connectivity index (χ0) is 29.0. The number of rotatable bonds is 7. The van der Waals surface area contributed by atoms with Crippen molar-refractivity contribution in [3.63, 3.8) is 0 Å². The van der Waals surface area contributed by atoms with Crippen LogP contribution in [-0.4, -0.2) is 56.4 Å². The van der Waals surface area contributed by atoms with E-state index < -0.39 is 62.3 Å². The lowest BCUT2D eigenvalue weighted by atomic mass is 9.69. The Kier molecular flexibility index (Phi) is 7.51. The maximum Gasteiger partial charge on any atom is 0.255 e. The molecule has 0 saturated heterocycles. The van der Waals surface area contributed by atoms with Crippen molar-refractivity contribution in [3.8, 4) is 0 Å². The van der Waals surface area contributed by atoms with E-state index in [4.69, 9.17) is 11.6 Å². The lowest BCUT2D eigenvalue weighted by Crippen LogP contribution is -2.57.